The van der Waals surface area contributed by atoms with E-state index in [0.717, 1.165) is 5.56 Å². The van der Waals surface area contributed by atoms with E-state index in [-0.39, 0.29) is 18.2 Å². The SMILES string of the molecule is CC(C)CC(N)C(=O)N1CCCC1C(=O)NC(Cc1ccccc1)C(=O)NC(CO)C(=O)O. The summed E-state index contributed by atoms with van der Waals surface area (Å²) in [7, 11) is 0. The molecule has 1 aliphatic rings. The van der Waals surface area contributed by atoms with Crippen LogP contribution in [0.15, 0.2) is 30.3 Å². The molecule has 10 heteroatoms. The Morgan fingerprint density at radius 3 is 2.36 bits per heavy atom. The van der Waals surface area contributed by atoms with Crippen LogP contribution in [0.25, 0.3) is 0 Å². The average molecular weight is 463 g/mol. The predicted octanol–water partition coefficient (Wildman–Crippen LogP) is -0.360. The van der Waals surface area contributed by atoms with Crippen LogP contribution in [0.3, 0.4) is 0 Å². The Kier molecular flexibility index (Phi) is 9.80. The zero-order chi connectivity index (χ0) is 24.5. The van der Waals surface area contributed by atoms with Crippen molar-refractivity contribution >= 4 is 23.7 Å². The van der Waals surface area contributed by atoms with Crippen molar-refractivity contribution in [3.8, 4) is 0 Å². The van der Waals surface area contributed by atoms with Crippen LogP contribution < -0.4 is 16.4 Å². The molecule has 182 valence electrons. The van der Waals surface area contributed by atoms with E-state index >= 15 is 0 Å². The van der Waals surface area contributed by atoms with Gasteiger partial charge in [-0.3, -0.25) is 14.4 Å². The summed E-state index contributed by atoms with van der Waals surface area (Å²) in [4.78, 5) is 51.4. The van der Waals surface area contributed by atoms with E-state index in [1.54, 1.807) is 24.3 Å². The molecule has 0 spiro atoms. The largest absolute Gasteiger partial charge is 0.480 e. The molecule has 0 aliphatic carbocycles. The molecule has 0 aromatic heterocycles. The van der Waals surface area contributed by atoms with E-state index in [9.17, 15) is 24.3 Å². The van der Waals surface area contributed by atoms with Gasteiger partial charge < -0.3 is 31.5 Å². The maximum atomic E-state index is 13.1. The number of aliphatic hydroxyl groups is 1. The van der Waals surface area contributed by atoms with E-state index in [4.69, 9.17) is 10.8 Å². The van der Waals surface area contributed by atoms with Crippen LogP contribution in [0.1, 0.15) is 38.7 Å². The lowest BCUT2D eigenvalue weighted by atomic mass is 10.0. The molecule has 4 atom stereocenters. The van der Waals surface area contributed by atoms with Gasteiger partial charge in [0.15, 0.2) is 0 Å². The highest BCUT2D eigenvalue weighted by Crippen LogP contribution is 2.20. The van der Waals surface area contributed by atoms with Gasteiger partial charge in [-0.1, -0.05) is 44.2 Å². The van der Waals surface area contributed by atoms with Crippen molar-refractivity contribution in [2.75, 3.05) is 13.2 Å². The van der Waals surface area contributed by atoms with Gasteiger partial charge >= 0.3 is 5.97 Å². The van der Waals surface area contributed by atoms with Crippen LogP contribution in [-0.4, -0.2) is 76.1 Å². The fourth-order valence-corrected chi connectivity index (χ4v) is 3.91. The smallest absolute Gasteiger partial charge is 0.328 e. The number of carbonyl (C=O) groups is 4. The normalized spacial score (nSPS) is 18.5. The van der Waals surface area contributed by atoms with Gasteiger partial charge in [0.25, 0.3) is 0 Å². The second kappa shape index (κ2) is 12.3. The van der Waals surface area contributed by atoms with Gasteiger partial charge in [0.1, 0.15) is 18.1 Å². The van der Waals surface area contributed by atoms with Crippen molar-refractivity contribution in [2.24, 2.45) is 11.7 Å². The molecule has 2 rings (SSSR count). The molecule has 1 saturated heterocycles. The van der Waals surface area contributed by atoms with Gasteiger partial charge in [0.2, 0.25) is 17.7 Å². The molecule has 1 aromatic rings. The van der Waals surface area contributed by atoms with Crippen molar-refractivity contribution in [3.63, 3.8) is 0 Å². The molecule has 3 amide bonds. The highest BCUT2D eigenvalue weighted by molar-refractivity contribution is 5.94. The minimum Gasteiger partial charge on any atom is -0.480 e. The summed E-state index contributed by atoms with van der Waals surface area (Å²) in [5.74, 6) is -2.68. The van der Waals surface area contributed by atoms with Crippen LogP contribution in [0.5, 0.6) is 0 Å². The molecule has 0 bridgehead atoms. The molecule has 1 heterocycles. The van der Waals surface area contributed by atoms with Gasteiger partial charge in [0.05, 0.1) is 12.6 Å². The van der Waals surface area contributed by atoms with E-state index in [0.29, 0.717) is 25.8 Å². The molecule has 4 unspecified atom stereocenters. The standard InChI is InChI=1S/C23H34N4O6/c1-14(2)11-16(24)22(31)27-10-6-9-19(27)21(30)25-17(12-15-7-4-3-5-8-15)20(29)26-18(13-28)23(32)33/h3-5,7-8,14,16-19,28H,6,9-13,24H2,1-2H3,(H,25,30)(H,26,29)(H,32,33). The van der Waals surface area contributed by atoms with Crippen LogP contribution in [0, 0.1) is 5.92 Å². The van der Waals surface area contributed by atoms with Crippen molar-refractivity contribution in [1.82, 2.24) is 15.5 Å². The quantitative estimate of drug-likeness (QED) is 0.300. The summed E-state index contributed by atoms with van der Waals surface area (Å²) in [6.45, 7) is 3.55. The summed E-state index contributed by atoms with van der Waals surface area (Å²) >= 11 is 0. The van der Waals surface area contributed by atoms with Gasteiger partial charge in [-0.25, -0.2) is 4.79 Å². The average Bonchev–Trinajstić information content (AvgIpc) is 3.26. The second-order valence-electron chi connectivity index (χ2n) is 8.76. The number of benzene rings is 1. The molecule has 1 fully saturated rings. The molecule has 0 radical (unpaired) electrons. The van der Waals surface area contributed by atoms with Crippen LogP contribution in [-0.2, 0) is 25.6 Å². The van der Waals surface area contributed by atoms with Crippen molar-refractivity contribution in [2.45, 2.75) is 63.7 Å². The number of aliphatic carboxylic acids is 1. The second-order valence-corrected chi connectivity index (χ2v) is 8.76. The minimum absolute atomic E-state index is 0.115. The Morgan fingerprint density at radius 1 is 1.12 bits per heavy atom. The first-order chi connectivity index (χ1) is 15.6. The number of carboxylic acids is 1. The molecular formula is C23H34N4O6. The van der Waals surface area contributed by atoms with Gasteiger partial charge in [0, 0.05) is 13.0 Å². The van der Waals surface area contributed by atoms with Crippen molar-refractivity contribution < 1.29 is 29.4 Å². The highest BCUT2D eigenvalue weighted by Gasteiger charge is 2.38. The Morgan fingerprint density at radius 2 is 1.79 bits per heavy atom. The lowest BCUT2D eigenvalue weighted by Crippen LogP contribution is -2.57. The number of rotatable bonds is 11. The van der Waals surface area contributed by atoms with E-state index < -0.39 is 48.6 Å². The number of carbonyl (C=O) groups excluding carboxylic acids is 3. The zero-order valence-corrected chi connectivity index (χ0v) is 19.1. The predicted molar refractivity (Wildman–Crippen MR) is 121 cm³/mol. The fourth-order valence-electron chi connectivity index (χ4n) is 3.91. The lowest BCUT2D eigenvalue weighted by molar-refractivity contribution is -0.144. The number of nitrogens with zero attached hydrogens (tertiary/aromatic N) is 1. The number of likely N-dealkylation sites (tertiary alicyclic amines) is 1. The molecule has 33 heavy (non-hydrogen) atoms. The maximum Gasteiger partial charge on any atom is 0.328 e. The highest BCUT2D eigenvalue weighted by atomic mass is 16.4. The third-order valence-electron chi connectivity index (χ3n) is 5.59. The Balaban J connectivity index is 2.16. The minimum atomic E-state index is -1.49. The Bertz CT molecular complexity index is 832. The lowest BCUT2D eigenvalue weighted by Gasteiger charge is -2.29. The number of hydrogen-bond donors (Lipinski definition) is 5. The topological polar surface area (TPSA) is 162 Å². The number of aliphatic hydroxyl groups excluding tert-OH is 1. The first-order valence-electron chi connectivity index (χ1n) is 11.2. The van der Waals surface area contributed by atoms with Crippen molar-refractivity contribution in [1.29, 1.82) is 0 Å². The number of carboxylic acid groups (broad SMARTS) is 1. The Hall–Kier alpha value is -2.98. The Labute approximate surface area is 193 Å². The fraction of sp³-hybridized carbons (Fsp3) is 0.565. The summed E-state index contributed by atoms with van der Waals surface area (Å²) in [5, 5.41) is 23.3. The molecule has 6 N–H and O–H groups in total. The van der Waals surface area contributed by atoms with Crippen LogP contribution >= 0.6 is 0 Å². The summed E-state index contributed by atoms with van der Waals surface area (Å²) < 4.78 is 0. The first-order valence-corrected chi connectivity index (χ1v) is 11.2. The number of nitrogens with two attached hydrogens (primary N) is 1. The van der Waals surface area contributed by atoms with Gasteiger partial charge in [-0.15, -0.1) is 0 Å². The van der Waals surface area contributed by atoms with Crippen LogP contribution in [0.2, 0.25) is 0 Å². The third-order valence-corrected chi connectivity index (χ3v) is 5.59. The molecular weight excluding hydrogens is 428 g/mol. The maximum absolute atomic E-state index is 13.1. The van der Waals surface area contributed by atoms with Gasteiger partial charge in [-0.05, 0) is 30.7 Å². The number of hydrogen-bond acceptors (Lipinski definition) is 6. The van der Waals surface area contributed by atoms with E-state index in [2.05, 4.69) is 10.6 Å². The van der Waals surface area contributed by atoms with E-state index in [1.807, 2.05) is 19.9 Å². The monoisotopic (exact) mass is 462 g/mol. The zero-order valence-electron chi connectivity index (χ0n) is 19.1. The van der Waals surface area contributed by atoms with Crippen molar-refractivity contribution in [3.05, 3.63) is 35.9 Å². The summed E-state index contributed by atoms with van der Waals surface area (Å²) in [5.41, 5.74) is 6.80. The first kappa shape index (κ1) is 26.3. The number of nitrogens with one attached hydrogen (secondary N) is 2. The van der Waals surface area contributed by atoms with E-state index in [1.165, 1.54) is 4.90 Å². The molecule has 1 aliphatic heterocycles. The molecule has 0 saturated carbocycles. The number of amides is 3. The summed E-state index contributed by atoms with van der Waals surface area (Å²) in [6, 6.07) is 4.90. The molecule has 10 nitrogen and oxygen atoms in total. The summed E-state index contributed by atoms with van der Waals surface area (Å²) in [6.07, 6.45) is 1.70. The van der Waals surface area contributed by atoms with Gasteiger partial charge in [-0.2, -0.15) is 0 Å². The van der Waals surface area contributed by atoms with Crippen LogP contribution in [0.4, 0.5) is 0 Å². The molecule has 1 aromatic carbocycles. The third kappa shape index (κ3) is 7.54.